The third-order valence-electron chi connectivity index (χ3n) is 3.46. The summed E-state index contributed by atoms with van der Waals surface area (Å²) in [4.78, 5) is 4.18. The van der Waals surface area contributed by atoms with E-state index < -0.39 is 0 Å². The van der Waals surface area contributed by atoms with E-state index in [9.17, 15) is 0 Å². The van der Waals surface area contributed by atoms with Crippen molar-refractivity contribution in [2.75, 3.05) is 20.1 Å². The molecule has 1 rings (SSSR count). The lowest BCUT2D eigenvalue weighted by Crippen LogP contribution is -2.41. The maximum Gasteiger partial charge on any atom is 0.191 e. The Bertz CT molecular complexity index is 241. The fraction of sp³-hybridized carbons (Fsp3) is 0.769. The minimum absolute atomic E-state index is 0. The molecule has 0 radical (unpaired) electrons. The van der Waals surface area contributed by atoms with Crippen LogP contribution in [0.15, 0.2) is 17.6 Å². The van der Waals surface area contributed by atoms with Gasteiger partial charge in [-0.2, -0.15) is 0 Å². The molecule has 3 nitrogen and oxygen atoms in total. The van der Waals surface area contributed by atoms with E-state index in [4.69, 9.17) is 0 Å². The third-order valence-corrected chi connectivity index (χ3v) is 3.46. The molecule has 1 fully saturated rings. The SMILES string of the molecule is C=CCNC(=NC)NCC1CCCCC1C.I. The van der Waals surface area contributed by atoms with Gasteiger partial charge in [0.1, 0.15) is 0 Å². The molecule has 17 heavy (non-hydrogen) atoms. The maximum atomic E-state index is 4.18. The quantitative estimate of drug-likeness (QED) is 0.354. The van der Waals surface area contributed by atoms with E-state index in [1.54, 1.807) is 0 Å². The fourth-order valence-corrected chi connectivity index (χ4v) is 2.31. The second-order valence-corrected chi connectivity index (χ2v) is 4.64. The number of hydrogen-bond donors (Lipinski definition) is 2. The highest BCUT2D eigenvalue weighted by atomic mass is 127. The van der Waals surface area contributed by atoms with Gasteiger partial charge in [-0.25, -0.2) is 0 Å². The summed E-state index contributed by atoms with van der Waals surface area (Å²) >= 11 is 0. The normalized spacial score (nSPS) is 24.7. The van der Waals surface area contributed by atoms with E-state index in [2.05, 4.69) is 29.1 Å². The summed E-state index contributed by atoms with van der Waals surface area (Å²) in [6.45, 7) is 7.85. The van der Waals surface area contributed by atoms with Gasteiger partial charge in [0.15, 0.2) is 5.96 Å². The molecule has 2 unspecified atom stereocenters. The molecule has 2 N–H and O–H groups in total. The van der Waals surface area contributed by atoms with Crippen molar-refractivity contribution < 1.29 is 0 Å². The second kappa shape index (κ2) is 9.74. The Balaban J connectivity index is 0.00000256. The molecule has 0 aliphatic heterocycles. The summed E-state index contributed by atoms with van der Waals surface area (Å²) < 4.78 is 0. The van der Waals surface area contributed by atoms with Crippen molar-refractivity contribution in [3.05, 3.63) is 12.7 Å². The van der Waals surface area contributed by atoms with Gasteiger partial charge in [0, 0.05) is 20.1 Å². The van der Waals surface area contributed by atoms with Crippen molar-refractivity contribution in [3.63, 3.8) is 0 Å². The lowest BCUT2D eigenvalue weighted by molar-refractivity contribution is 0.256. The maximum absolute atomic E-state index is 4.18. The zero-order valence-corrected chi connectivity index (χ0v) is 13.4. The van der Waals surface area contributed by atoms with Crippen molar-refractivity contribution in [1.82, 2.24) is 10.6 Å². The summed E-state index contributed by atoms with van der Waals surface area (Å²) in [6.07, 6.45) is 7.37. The standard InChI is InChI=1S/C13H25N3.HI/c1-4-9-15-13(14-3)16-10-12-8-6-5-7-11(12)2;/h4,11-12H,1,5-10H2,2-3H3,(H2,14,15,16);1H. The summed E-state index contributed by atoms with van der Waals surface area (Å²) in [6, 6.07) is 0. The van der Waals surface area contributed by atoms with Crippen molar-refractivity contribution >= 4 is 29.9 Å². The number of nitrogens with one attached hydrogen (secondary N) is 2. The van der Waals surface area contributed by atoms with E-state index in [-0.39, 0.29) is 24.0 Å². The highest BCUT2D eigenvalue weighted by Gasteiger charge is 2.20. The molecule has 2 atom stereocenters. The molecule has 0 bridgehead atoms. The van der Waals surface area contributed by atoms with Gasteiger partial charge in [0.05, 0.1) is 0 Å². The first kappa shape index (κ1) is 16.7. The Morgan fingerprint density at radius 1 is 1.35 bits per heavy atom. The van der Waals surface area contributed by atoms with E-state index in [1.165, 1.54) is 25.7 Å². The van der Waals surface area contributed by atoms with Crippen molar-refractivity contribution in [1.29, 1.82) is 0 Å². The zero-order chi connectivity index (χ0) is 11.8. The van der Waals surface area contributed by atoms with Gasteiger partial charge in [-0.1, -0.05) is 32.3 Å². The molecule has 1 saturated carbocycles. The van der Waals surface area contributed by atoms with Gasteiger partial charge in [-0.05, 0) is 18.3 Å². The fourth-order valence-electron chi connectivity index (χ4n) is 2.31. The lowest BCUT2D eigenvalue weighted by atomic mass is 9.80. The van der Waals surface area contributed by atoms with Gasteiger partial charge in [0.25, 0.3) is 0 Å². The number of halogens is 1. The molecule has 1 aliphatic carbocycles. The van der Waals surface area contributed by atoms with Gasteiger partial charge >= 0.3 is 0 Å². The molecule has 0 spiro atoms. The Labute approximate surface area is 123 Å². The first-order valence-corrected chi connectivity index (χ1v) is 6.33. The van der Waals surface area contributed by atoms with Crippen LogP contribution in [0.4, 0.5) is 0 Å². The monoisotopic (exact) mass is 351 g/mol. The molecule has 0 aromatic heterocycles. The molecule has 0 aromatic rings. The summed E-state index contributed by atoms with van der Waals surface area (Å²) in [5, 5.41) is 6.59. The van der Waals surface area contributed by atoms with E-state index in [0.717, 1.165) is 30.9 Å². The number of guanidine groups is 1. The van der Waals surface area contributed by atoms with Crippen LogP contribution in [0, 0.1) is 11.8 Å². The first-order chi connectivity index (χ1) is 7.77. The number of rotatable bonds is 4. The molecule has 0 aromatic carbocycles. The third kappa shape index (κ3) is 6.29. The van der Waals surface area contributed by atoms with Gasteiger partial charge in [-0.3, -0.25) is 4.99 Å². The largest absolute Gasteiger partial charge is 0.356 e. The number of hydrogen-bond acceptors (Lipinski definition) is 1. The Hall–Kier alpha value is -0.260. The van der Waals surface area contributed by atoms with E-state index in [0.29, 0.717) is 0 Å². The molecule has 0 saturated heterocycles. The average molecular weight is 351 g/mol. The molecular weight excluding hydrogens is 325 g/mol. The lowest BCUT2D eigenvalue weighted by Gasteiger charge is -2.29. The molecule has 0 heterocycles. The van der Waals surface area contributed by atoms with E-state index >= 15 is 0 Å². The first-order valence-electron chi connectivity index (χ1n) is 6.33. The van der Waals surface area contributed by atoms with Crippen molar-refractivity contribution in [2.24, 2.45) is 16.8 Å². The van der Waals surface area contributed by atoms with Crippen LogP contribution < -0.4 is 10.6 Å². The van der Waals surface area contributed by atoms with Crippen LogP contribution in [0.3, 0.4) is 0 Å². The number of aliphatic imine (C=N–C) groups is 1. The van der Waals surface area contributed by atoms with Gasteiger partial charge < -0.3 is 10.6 Å². The highest BCUT2D eigenvalue weighted by Crippen LogP contribution is 2.28. The zero-order valence-electron chi connectivity index (χ0n) is 11.0. The smallest absolute Gasteiger partial charge is 0.191 e. The van der Waals surface area contributed by atoms with Crippen LogP contribution in [0.5, 0.6) is 0 Å². The van der Waals surface area contributed by atoms with Gasteiger partial charge in [-0.15, -0.1) is 30.6 Å². The average Bonchev–Trinajstić information content (AvgIpc) is 2.31. The van der Waals surface area contributed by atoms with Crippen molar-refractivity contribution in [2.45, 2.75) is 32.6 Å². The predicted molar refractivity (Wildman–Crippen MR) is 86.1 cm³/mol. The summed E-state index contributed by atoms with van der Waals surface area (Å²) in [7, 11) is 1.81. The van der Waals surface area contributed by atoms with Crippen LogP contribution in [0.1, 0.15) is 32.6 Å². The van der Waals surface area contributed by atoms with Crippen LogP contribution in [0.25, 0.3) is 0 Å². The number of nitrogens with zero attached hydrogens (tertiary/aromatic N) is 1. The summed E-state index contributed by atoms with van der Waals surface area (Å²) in [5.41, 5.74) is 0. The Morgan fingerprint density at radius 2 is 2.06 bits per heavy atom. The van der Waals surface area contributed by atoms with Crippen molar-refractivity contribution in [3.8, 4) is 0 Å². The van der Waals surface area contributed by atoms with Crippen LogP contribution in [-0.4, -0.2) is 26.1 Å². The topological polar surface area (TPSA) is 36.4 Å². The Kier molecular flexibility index (Phi) is 9.59. The second-order valence-electron chi connectivity index (χ2n) is 4.64. The van der Waals surface area contributed by atoms with E-state index in [1.807, 2.05) is 13.1 Å². The minimum Gasteiger partial charge on any atom is -0.356 e. The molecule has 0 amide bonds. The molecule has 4 heteroatoms. The predicted octanol–water partition coefficient (Wildman–Crippen LogP) is 2.78. The molecule has 1 aliphatic rings. The Morgan fingerprint density at radius 3 is 2.65 bits per heavy atom. The molecule has 100 valence electrons. The van der Waals surface area contributed by atoms with Crippen LogP contribution in [0.2, 0.25) is 0 Å². The van der Waals surface area contributed by atoms with Crippen LogP contribution >= 0.6 is 24.0 Å². The van der Waals surface area contributed by atoms with Crippen LogP contribution in [-0.2, 0) is 0 Å². The van der Waals surface area contributed by atoms with Gasteiger partial charge in [0.2, 0.25) is 0 Å². The highest BCUT2D eigenvalue weighted by molar-refractivity contribution is 14.0. The summed E-state index contributed by atoms with van der Waals surface area (Å²) in [5.74, 6) is 2.53. The molecular formula is C13H26IN3. The minimum atomic E-state index is 0.